The number of rotatable bonds is 5. The Morgan fingerprint density at radius 2 is 1.56 bits per heavy atom. The van der Waals surface area contributed by atoms with Gasteiger partial charge in [-0.1, -0.05) is 63.9 Å². The number of carbonyl (C=O) groups is 4. The van der Waals surface area contributed by atoms with Gasteiger partial charge in [0, 0.05) is 10.0 Å². The summed E-state index contributed by atoms with van der Waals surface area (Å²) in [5, 5.41) is 2.04. The first-order valence-electron chi connectivity index (χ1n) is 10.3. The van der Waals surface area contributed by atoms with Crippen LogP contribution in [0.5, 0.6) is 0 Å². The number of amides is 3. The second kappa shape index (κ2) is 7.98. The van der Waals surface area contributed by atoms with Crippen LogP contribution in [-0.2, 0) is 9.59 Å². The minimum atomic E-state index is -0.664. The SMILES string of the molecule is O=C(CN(C(=O)c1ccccc1Cl)N1C(=O)[C@@H]2[C@H](C1=O)[C@H]1C=C[C@H]2C1)c1ccc(Br)cc1. The Labute approximate surface area is 197 Å². The summed E-state index contributed by atoms with van der Waals surface area (Å²) in [6.45, 7) is -0.453. The zero-order chi connectivity index (χ0) is 22.6. The molecule has 1 aliphatic heterocycles. The van der Waals surface area contributed by atoms with E-state index in [0.717, 1.165) is 20.9 Å². The predicted octanol–water partition coefficient (Wildman–Crippen LogP) is 4.15. The third kappa shape index (κ3) is 3.31. The van der Waals surface area contributed by atoms with E-state index in [-0.39, 0.29) is 22.4 Å². The molecule has 162 valence electrons. The molecule has 2 aromatic rings. The third-order valence-corrected chi connectivity index (χ3v) is 7.35. The summed E-state index contributed by atoms with van der Waals surface area (Å²) in [5.41, 5.74) is 0.489. The molecule has 6 nitrogen and oxygen atoms in total. The first-order chi connectivity index (χ1) is 15.4. The number of hydrogen-bond donors (Lipinski definition) is 0. The number of allylic oxidation sites excluding steroid dienone is 2. The average Bonchev–Trinajstić information content (AvgIpc) is 3.46. The molecular weight excluding hydrogens is 496 g/mol. The molecule has 0 N–H and O–H groups in total. The molecule has 0 radical (unpaired) electrons. The number of hydrazine groups is 1. The van der Waals surface area contributed by atoms with Crippen LogP contribution in [0.3, 0.4) is 0 Å². The number of hydrogen-bond acceptors (Lipinski definition) is 4. The van der Waals surface area contributed by atoms with Crippen molar-refractivity contribution < 1.29 is 19.2 Å². The summed E-state index contributed by atoms with van der Waals surface area (Å²) in [4.78, 5) is 53.2. The summed E-state index contributed by atoms with van der Waals surface area (Å²) in [7, 11) is 0. The standard InChI is InChI=1S/C24H18BrClN2O4/c25-16-9-7-13(8-10-16)19(29)12-27(22(30)17-3-1-2-4-18(17)26)28-23(31)20-14-5-6-15(11-14)21(20)24(28)32/h1-10,14-15,20-21H,11-12H2/t14-,15-,20-,21+/m0/s1. The van der Waals surface area contributed by atoms with Crippen LogP contribution in [0.4, 0.5) is 0 Å². The summed E-state index contributed by atoms with van der Waals surface area (Å²) in [6.07, 6.45) is 4.73. The van der Waals surface area contributed by atoms with Gasteiger partial charge >= 0.3 is 0 Å². The maximum Gasteiger partial charge on any atom is 0.274 e. The van der Waals surface area contributed by atoms with E-state index >= 15 is 0 Å². The highest BCUT2D eigenvalue weighted by atomic mass is 79.9. The Balaban J connectivity index is 1.51. The Morgan fingerprint density at radius 3 is 2.16 bits per heavy atom. The summed E-state index contributed by atoms with van der Waals surface area (Å²) in [5.74, 6) is -2.90. The summed E-state index contributed by atoms with van der Waals surface area (Å²) in [6, 6.07) is 13.1. The van der Waals surface area contributed by atoms with E-state index in [1.165, 1.54) is 6.07 Å². The highest BCUT2D eigenvalue weighted by Gasteiger charge is 2.61. The van der Waals surface area contributed by atoms with Gasteiger partial charge in [0.05, 0.1) is 22.4 Å². The van der Waals surface area contributed by atoms with Crippen molar-refractivity contribution in [2.24, 2.45) is 23.7 Å². The quantitative estimate of drug-likeness (QED) is 0.342. The predicted molar refractivity (Wildman–Crippen MR) is 121 cm³/mol. The van der Waals surface area contributed by atoms with Crippen molar-refractivity contribution in [3.8, 4) is 0 Å². The maximum atomic E-state index is 13.5. The van der Waals surface area contributed by atoms with Crippen molar-refractivity contribution in [1.82, 2.24) is 10.0 Å². The van der Waals surface area contributed by atoms with E-state index in [4.69, 9.17) is 11.6 Å². The van der Waals surface area contributed by atoms with Gasteiger partial charge in [0.1, 0.15) is 6.54 Å². The van der Waals surface area contributed by atoms with Crippen LogP contribution in [0.25, 0.3) is 0 Å². The van der Waals surface area contributed by atoms with Crippen molar-refractivity contribution in [3.63, 3.8) is 0 Å². The lowest BCUT2D eigenvalue weighted by atomic mass is 9.85. The molecule has 2 fully saturated rings. The molecule has 1 saturated heterocycles. The molecule has 3 amide bonds. The molecular formula is C24H18BrClN2O4. The zero-order valence-electron chi connectivity index (χ0n) is 16.8. The second-order valence-electron chi connectivity index (χ2n) is 8.26. The lowest BCUT2D eigenvalue weighted by Crippen LogP contribution is -2.52. The molecule has 1 heterocycles. The smallest absolute Gasteiger partial charge is 0.274 e. The summed E-state index contributed by atoms with van der Waals surface area (Å²) < 4.78 is 0.804. The topological polar surface area (TPSA) is 74.8 Å². The van der Waals surface area contributed by atoms with E-state index in [2.05, 4.69) is 15.9 Å². The highest BCUT2D eigenvalue weighted by Crippen LogP contribution is 2.52. The molecule has 0 unspecified atom stereocenters. The van der Waals surface area contributed by atoms with E-state index < -0.39 is 41.9 Å². The Morgan fingerprint density at radius 1 is 0.969 bits per heavy atom. The molecule has 5 rings (SSSR count). The van der Waals surface area contributed by atoms with E-state index in [0.29, 0.717) is 5.56 Å². The number of benzene rings is 2. The van der Waals surface area contributed by atoms with Crippen LogP contribution in [0, 0.1) is 23.7 Å². The van der Waals surface area contributed by atoms with Crippen LogP contribution in [0.15, 0.2) is 65.2 Å². The van der Waals surface area contributed by atoms with Crippen molar-refractivity contribution in [3.05, 3.63) is 81.3 Å². The van der Waals surface area contributed by atoms with Crippen LogP contribution >= 0.6 is 27.5 Å². The lowest BCUT2D eigenvalue weighted by Gasteiger charge is -2.31. The monoisotopic (exact) mass is 512 g/mol. The normalized spacial score (nSPS) is 25.4. The fourth-order valence-corrected chi connectivity index (χ4v) is 5.48. The number of fused-ring (bicyclic) bond motifs is 5. The van der Waals surface area contributed by atoms with Crippen LogP contribution in [0.2, 0.25) is 5.02 Å². The van der Waals surface area contributed by atoms with Crippen LogP contribution < -0.4 is 0 Å². The van der Waals surface area contributed by atoms with Gasteiger partial charge in [0.25, 0.3) is 17.7 Å². The van der Waals surface area contributed by atoms with Gasteiger partial charge in [0.2, 0.25) is 0 Å². The largest absolute Gasteiger partial charge is 0.292 e. The first kappa shape index (κ1) is 21.1. The Hall–Kier alpha value is -2.77. The number of halogens is 2. The molecule has 1 saturated carbocycles. The molecule has 0 spiro atoms. The first-order valence-corrected chi connectivity index (χ1v) is 11.4. The second-order valence-corrected chi connectivity index (χ2v) is 9.58. The molecule has 32 heavy (non-hydrogen) atoms. The van der Waals surface area contributed by atoms with E-state index in [1.807, 2.05) is 12.2 Å². The highest BCUT2D eigenvalue weighted by molar-refractivity contribution is 9.10. The van der Waals surface area contributed by atoms with Gasteiger partial charge in [-0.05, 0) is 42.5 Å². The number of ketones is 1. The van der Waals surface area contributed by atoms with Crippen molar-refractivity contribution in [1.29, 1.82) is 0 Å². The number of Topliss-reactive ketones (excluding diaryl/α,β-unsaturated/α-hetero) is 1. The van der Waals surface area contributed by atoms with Gasteiger partial charge in [0.15, 0.2) is 5.78 Å². The maximum absolute atomic E-state index is 13.5. The Kier molecular flexibility index (Phi) is 5.26. The molecule has 3 aliphatic rings. The van der Waals surface area contributed by atoms with Crippen LogP contribution in [-0.4, -0.2) is 40.1 Å². The van der Waals surface area contributed by atoms with Crippen molar-refractivity contribution in [2.45, 2.75) is 6.42 Å². The van der Waals surface area contributed by atoms with Gasteiger partial charge in [-0.25, -0.2) is 5.01 Å². The average molecular weight is 514 g/mol. The fourth-order valence-electron chi connectivity index (χ4n) is 4.99. The van der Waals surface area contributed by atoms with E-state index in [1.54, 1.807) is 42.5 Å². The summed E-state index contributed by atoms with van der Waals surface area (Å²) >= 11 is 9.56. The number of carbonyl (C=O) groups excluding carboxylic acids is 4. The van der Waals surface area contributed by atoms with E-state index in [9.17, 15) is 19.2 Å². The minimum Gasteiger partial charge on any atom is -0.292 e. The number of imide groups is 1. The van der Waals surface area contributed by atoms with Crippen molar-refractivity contribution >= 4 is 51.0 Å². The van der Waals surface area contributed by atoms with Crippen LogP contribution in [0.1, 0.15) is 27.1 Å². The Bertz CT molecular complexity index is 1150. The van der Waals surface area contributed by atoms with Crippen molar-refractivity contribution in [2.75, 3.05) is 6.54 Å². The number of nitrogens with zero attached hydrogens (tertiary/aromatic N) is 2. The molecule has 0 aromatic heterocycles. The molecule has 2 aliphatic carbocycles. The zero-order valence-corrected chi connectivity index (χ0v) is 19.1. The molecule has 2 aromatic carbocycles. The van der Waals surface area contributed by atoms with Gasteiger partial charge in [-0.3, -0.25) is 19.2 Å². The molecule has 8 heteroatoms. The van der Waals surface area contributed by atoms with Gasteiger partial charge in [-0.2, -0.15) is 5.01 Å². The molecule has 4 atom stereocenters. The third-order valence-electron chi connectivity index (χ3n) is 6.49. The fraction of sp³-hybridized carbons (Fsp3) is 0.250. The molecule has 2 bridgehead atoms. The van der Waals surface area contributed by atoms with Gasteiger partial charge in [-0.15, -0.1) is 0 Å². The minimum absolute atomic E-state index is 0.00843. The lowest BCUT2D eigenvalue weighted by molar-refractivity contribution is -0.154. The van der Waals surface area contributed by atoms with Gasteiger partial charge < -0.3 is 0 Å².